The van der Waals surface area contributed by atoms with E-state index in [1.165, 1.54) is 0 Å². The van der Waals surface area contributed by atoms with Crippen molar-refractivity contribution in [1.82, 2.24) is 14.7 Å². The summed E-state index contributed by atoms with van der Waals surface area (Å²) >= 11 is 2.11. The molecule has 0 aliphatic carbocycles. The van der Waals surface area contributed by atoms with E-state index >= 15 is 0 Å². The zero-order valence-corrected chi connectivity index (χ0v) is 14.0. The van der Waals surface area contributed by atoms with Crippen LogP contribution < -0.4 is 0 Å². The van der Waals surface area contributed by atoms with Crippen molar-refractivity contribution in [3.05, 3.63) is 33.7 Å². The Balaban J connectivity index is 1.66. The summed E-state index contributed by atoms with van der Waals surface area (Å²) in [5.41, 5.74) is 0.875. The Hall–Kier alpha value is -0.930. The molecule has 1 aliphatic heterocycles. The van der Waals surface area contributed by atoms with Gasteiger partial charge in [0, 0.05) is 47.7 Å². The number of halogens is 1. The van der Waals surface area contributed by atoms with Gasteiger partial charge in [0.2, 0.25) is 0 Å². The van der Waals surface area contributed by atoms with Gasteiger partial charge in [0.25, 0.3) is 0 Å². The van der Waals surface area contributed by atoms with Crippen LogP contribution in [0.1, 0.15) is 43.8 Å². The minimum absolute atomic E-state index is 0.117. The highest BCUT2D eigenvalue weighted by atomic mass is 127. The molecule has 1 fully saturated rings. The SMILES string of the molecule is C[C@H](OC1CCCCO1)c1nccn1Cc1cc(I)on1. The fourth-order valence-corrected chi connectivity index (χ4v) is 2.91. The van der Waals surface area contributed by atoms with Gasteiger partial charge < -0.3 is 18.6 Å². The Morgan fingerprint density at radius 2 is 2.43 bits per heavy atom. The highest BCUT2D eigenvalue weighted by Gasteiger charge is 2.21. The molecule has 2 aromatic heterocycles. The summed E-state index contributed by atoms with van der Waals surface area (Å²) in [5.74, 6) is 0.877. The van der Waals surface area contributed by atoms with Gasteiger partial charge in [-0.15, -0.1) is 0 Å². The van der Waals surface area contributed by atoms with Crippen LogP contribution in [-0.2, 0) is 16.0 Å². The van der Waals surface area contributed by atoms with Crippen molar-refractivity contribution in [2.45, 2.75) is 45.1 Å². The fraction of sp³-hybridized carbons (Fsp3) is 0.571. The Kier molecular flexibility index (Phi) is 4.91. The summed E-state index contributed by atoms with van der Waals surface area (Å²) in [4.78, 5) is 4.41. The van der Waals surface area contributed by atoms with Crippen molar-refractivity contribution < 1.29 is 14.0 Å². The van der Waals surface area contributed by atoms with Crippen molar-refractivity contribution in [1.29, 1.82) is 0 Å². The van der Waals surface area contributed by atoms with Gasteiger partial charge in [-0.3, -0.25) is 0 Å². The van der Waals surface area contributed by atoms with Crippen molar-refractivity contribution >= 4 is 22.6 Å². The minimum atomic E-state index is -0.119. The average Bonchev–Trinajstić information content (AvgIpc) is 3.10. The minimum Gasteiger partial charge on any atom is -0.353 e. The summed E-state index contributed by atoms with van der Waals surface area (Å²) in [6, 6.07) is 1.92. The molecule has 0 radical (unpaired) electrons. The van der Waals surface area contributed by atoms with Crippen LogP contribution in [0.15, 0.2) is 23.0 Å². The lowest BCUT2D eigenvalue weighted by Crippen LogP contribution is -2.24. The quantitative estimate of drug-likeness (QED) is 0.718. The summed E-state index contributed by atoms with van der Waals surface area (Å²) in [5, 5.41) is 4.01. The normalized spacial score (nSPS) is 20.6. The van der Waals surface area contributed by atoms with E-state index in [2.05, 4.69) is 32.7 Å². The molecule has 1 unspecified atom stereocenters. The number of ether oxygens (including phenoxy) is 2. The van der Waals surface area contributed by atoms with Gasteiger partial charge in [0.1, 0.15) is 17.6 Å². The first-order valence-corrected chi connectivity index (χ1v) is 8.19. The number of hydrogen-bond donors (Lipinski definition) is 0. The summed E-state index contributed by atoms with van der Waals surface area (Å²) < 4.78 is 19.5. The van der Waals surface area contributed by atoms with Crippen LogP contribution in [0.2, 0.25) is 0 Å². The molecule has 114 valence electrons. The summed E-state index contributed by atoms with van der Waals surface area (Å²) in [7, 11) is 0. The summed E-state index contributed by atoms with van der Waals surface area (Å²) in [6.45, 7) is 3.41. The monoisotopic (exact) mass is 403 g/mol. The lowest BCUT2D eigenvalue weighted by Gasteiger charge is -2.26. The van der Waals surface area contributed by atoms with Crippen molar-refractivity contribution in [2.75, 3.05) is 6.61 Å². The van der Waals surface area contributed by atoms with Crippen molar-refractivity contribution in [3.63, 3.8) is 0 Å². The molecule has 1 saturated heterocycles. The molecule has 1 aliphatic rings. The molecule has 0 saturated carbocycles. The van der Waals surface area contributed by atoms with E-state index < -0.39 is 0 Å². The Morgan fingerprint density at radius 1 is 1.52 bits per heavy atom. The molecule has 6 nitrogen and oxygen atoms in total. The first-order chi connectivity index (χ1) is 10.2. The molecule has 3 rings (SSSR count). The first-order valence-electron chi connectivity index (χ1n) is 7.11. The van der Waals surface area contributed by atoms with E-state index in [1.54, 1.807) is 6.20 Å². The maximum Gasteiger partial charge on any atom is 0.196 e. The molecule has 2 aromatic rings. The van der Waals surface area contributed by atoms with Gasteiger partial charge in [0.15, 0.2) is 10.1 Å². The molecule has 3 heterocycles. The van der Waals surface area contributed by atoms with E-state index in [0.29, 0.717) is 6.54 Å². The Labute approximate surface area is 136 Å². The van der Waals surface area contributed by atoms with Crippen LogP contribution in [0.3, 0.4) is 0 Å². The van der Waals surface area contributed by atoms with Crippen LogP contribution in [0.4, 0.5) is 0 Å². The van der Waals surface area contributed by atoms with Crippen LogP contribution in [0, 0.1) is 3.77 Å². The van der Waals surface area contributed by atoms with Crippen LogP contribution in [0.25, 0.3) is 0 Å². The van der Waals surface area contributed by atoms with E-state index in [4.69, 9.17) is 14.0 Å². The number of nitrogens with zero attached hydrogens (tertiary/aromatic N) is 3. The van der Waals surface area contributed by atoms with Gasteiger partial charge in [-0.2, -0.15) is 0 Å². The summed E-state index contributed by atoms with van der Waals surface area (Å²) in [6.07, 6.45) is 6.70. The second kappa shape index (κ2) is 6.89. The van der Waals surface area contributed by atoms with Crippen LogP contribution in [-0.4, -0.2) is 27.6 Å². The third kappa shape index (κ3) is 3.83. The van der Waals surface area contributed by atoms with E-state index in [-0.39, 0.29) is 12.4 Å². The maximum atomic E-state index is 5.97. The topological polar surface area (TPSA) is 62.3 Å². The maximum absolute atomic E-state index is 5.97. The molecule has 0 spiro atoms. The molecule has 21 heavy (non-hydrogen) atoms. The third-order valence-electron chi connectivity index (χ3n) is 3.47. The van der Waals surface area contributed by atoms with Gasteiger partial charge in [-0.25, -0.2) is 4.98 Å². The zero-order valence-electron chi connectivity index (χ0n) is 11.9. The Bertz CT molecular complexity index is 578. The fourth-order valence-electron chi connectivity index (χ4n) is 2.45. The molecule has 2 atom stereocenters. The number of hydrogen-bond acceptors (Lipinski definition) is 5. The smallest absolute Gasteiger partial charge is 0.196 e. The molecule has 7 heteroatoms. The molecular formula is C14H18IN3O3. The molecule has 0 amide bonds. The second-order valence-corrected chi connectivity index (χ2v) is 6.17. The van der Waals surface area contributed by atoms with E-state index in [1.807, 2.05) is 23.8 Å². The Morgan fingerprint density at radius 3 is 3.14 bits per heavy atom. The largest absolute Gasteiger partial charge is 0.353 e. The standard InChI is InChI=1S/C14H18IN3O3/c1-10(20-13-4-2-3-7-19-13)14-16-5-6-18(14)9-11-8-12(15)21-17-11/h5-6,8,10,13H,2-4,7,9H2,1H3/t10-,13?/m0/s1. The predicted octanol–water partition coefficient (Wildman–Crippen LogP) is 3.13. The number of aromatic nitrogens is 3. The average molecular weight is 403 g/mol. The van der Waals surface area contributed by atoms with Gasteiger partial charge >= 0.3 is 0 Å². The third-order valence-corrected chi connectivity index (χ3v) is 3.98. The van der Waals surface area contributed by atoms with E-state index in [0.717, 1.165) is 41.2 Å². The highest BCUT2D eigenvalue weighted by molar-refractivity contribution is 14.1. The molecule has 0 bridgehead atoms. The lowest BCUT2D eigenvalue weighted by atomic mass is 10.2. The van der Waals surface area contributed by atoms with Crippen LogP contribution in [0.5, 0.6) is 0 Å². The first kappa shape index (κ1) is 15.0. The molecule has 0 aromatic carbocycles. The highest BCUT2D eigenvalue weighted by Crippen LogP contribution is 2.23. The number of rotatable bonds is 5. The van der Waals surface area contributed by atoms with Crippen molar-refractivity contribution in [2.24, 2.45) is 0 Å². The van der Waals surface area contributed by atoms with Crippen LogP contribution >= 0.6 is 22.6 Å². The lowest BCUT2D eigenvalue weighted by molar-refractivity contribution is -0.188. The molecule has 0 N–H and O–H groups in total. The second-order valence-electron chi connectivity index (χ2n) is 5.11. The molecular weight excluding hydrogens is 385 g/mol. The van der Waals surface area contributed by atoms with Gasteiger partial charge in [0.05, 0.1) is 6.54 Å². The predicted molar refractivity (Wildman–Crippen MR) is 83.6 cm³/mol. The zero-order chi connectivity index (χ0) is 14.7. The van der Waals surface area contributed by atoms with Gasteiger partial charge in [-0.1, -0.05) is 5.16 Å². The van der Waals surface area contributed by atoms with Crippen molar-refractivity contribution in [3.8, 4) is 0 Å². The van der Waals surface area contributed by atoms with E-state index in [9.17, 15) is 0 Å². The van der Waals surface area contributed by atoms with Gasteiger partial charge in [-0.05, 0) is 26.2 Å². The number of imidazole rings is 1.